The Morgan fingerprint density at radius 2 is 2.06 bits per heavy atom. The zero-order chi connectivity index (χ0) is 11.5. The minimum absolute atomic E-state index is 0. The van der Waals surface area contributed by atoms with Gasteiger partial charge in [-0.2, -0.15) is 0 Å². The molecular formula is C13H19ClIN. The molecule has 2 unspecified atom stereocenters. The van der Waals surface area contributed by atoms with Gasteiger partial charge >= 0.3 is 0 Å². The van der Waals surface area contributed by atoms with Crippen LogP contribution in [-0.2, 0) is 0 Å². The van der Waals surface area contributed by atoms with Crippen LogP contribution in [0.2, 0.25) is 0 Å². The predicted octanol–water partition coefficient (Wildman–Crippen LogP) is -0.364. The predicted molar refractivity (Wildman–Crippen MR) is 74.9 cm³/mol. The van der Waals surface area contributed by atoms with Gasteiger partial charge in [-0.25, -0.2) is 0 Å². The molecule has 0 N–H and O–H groups in total. The van der Waals surface area contributed by atoms with Gasteiger partial charge in [-0.15, -0.1) is 6.42 Å². The van der Waals surface area contributed by atoms with Gasteiger partial charge in [0.25, 0.3) is 0 Å². The molecule has 0 spiro atoms. The monoisotopic (exact) mass is 351 g/mol. The van der Waals surface area contributed by atoms with Crippen molar-refractivity contribution in [2.45, 2.75) is 10.3 Å². The van der Waals surface area contributed by atoms with Gasteiger partial charge in [-0.05, 0) is 11.8 Å². The standard InChI is InChI=1S/C13H19IN.ClH/c1-5-10-15(3,4)11-13(14)9-7-6-8-12(13)2;/h1,6-9,12H,10-11H2,2-4H3;1H/q+1;/p-1. The first-order valence-corrected chi connectivity index (χ1v) is 6.28. The second kappa shape index (κ2) is 6.09. The zero-order valence-corrected chi connectivity index (χ0v) is 13.0. The molecule has 0 amide bonds. The summed E-state index contributed by atoms with van der Waals surface area (Å²) in [6, 6.07) is 0. The first-order chi connectivity index (χ1) is 6.90. The summed E-state index contributed by atoms with van der Waals surface area (Å²) < 4.78 is 1.08. The van der Waals surface area contributed by atoms with Crippen LogP contribution >= 0.6 is 22.6 Å². The lowest BCUT2D eigenvalue weighted by Gasteiger charge is -2.38. The topological polar surface area (TPSA) is 0 Å². The molecule has 0 saturated carbocycles. The van der Waals surface area contributed by atoms with Gasteiger partial charge in [-0.3, -0.25) is 0 Å². The van der Waals surface area contributed by atoms with Crippen molar-refractivity contribution in [3.05, 3.63) is 24.3 Å². The van der Waals surface area contributed by atoms with Gasteiger partial charge in [-0.1, -0.05) is 53.8 Å². The molecule has 0 radical (unpaired) electrons. The molecule has 1 aliphatic carbocycles. The number of alkyl halides is 1. The Kier molecular flexibility index (Phi) is 6.10. The maximum atomic E-state index is 5.40. The van der Waals surface area contributed by atoms with Crippen molar-refractivity contribution in [3.8, 4) is 12.3 Å². The van der Waals surface area contributed by atoms with E-state index < -0.39 is 0 Å². The molecule has 0 heterocycles. The first-order valence-electron chi connectivity index (χ1n) is 5.20. The van der Waals surface area contributed by atoms with Crippen molar-refractivity contribution >= 4 is 22.6 Å². The zero-order valence-electron chi connectivity index (χ0n) is 10.1. The summed E-state index contributed by atoms with van der Waals surface area (Å²) in [6.07, 6.45) is 14.2. The number of quaternary nitrogens is 1. The highest BCUT2D eigenvalue weighted by Crippen LogP contribution is 2.35. The molecule has 0 aliphatic heterocycles. The van der Waals surface area contributed by atoms with Crippen molar-refractivity contribution in [3.63, 3.8) is 0 Å². The number of allylic oxidation sites excluding steroid dienone is 3. The lowest BCUT2D eigenvalue weighted by atomic mass is 9.89. The quantitative estimate of drug-likeness (QED) is 0.282. The summed E-state index contributed by atoms with van der Waals surface area (Å²) in [5, 5.41) is 0. The van der Waals surface area contributed by atoms with Gasteiger partial charge in [0.1, 0.15) is 6.54 Å². The molecule has 1 rings (SSSR count). The van der Waals surface area contributed by atoms with E-state index in [2.05, 4.69) is 73.8 Å². The highest BCUT2D eigenvalue weighted by molar-refractivity contribution is 14.1. The maximum Gasteiger partial charge on any atom is 0.140 e. The third-order valence-corrected chi connectivity index (χ3v) is 4.51. The first kappa shape index (κ1) is 16.0. The second-order valence-electron chi connectivity index (χ2n) is 4.92. The highest BCUT2D eigenvalue weighted by Gasteiger charge is 2.37. The van der Waals surface area contributed by atoms with E-state index in [1.165, 1.54) is 0 Å². The van der Waals surface area contributed by atoms with E-state index >= 15 is 0 Å². The Hall–Kier alpha value is 0.0200. The normalized spacial score (nSPS) is 28.3. The van der Waals surface area contributed by atoms with Crippen molar-refractivity contribution in [2.24, 2.45) is 5.92 Å². The summed E-state index contributed by atoms with van der Waals surface area (Å²) in [4.78, 5) is 0. The Labute approximate surface area is 119 Å². The van der Waals surface area contributed by atoms with Crippen LogP contribution < -0.4 is 12.4 Å². The van der Waals surface area contributed by atoms with E-state index in [0.29, 0.717) is 5.92 Å². The third-order valence-electron chi connectivity index (χ3n) is 2.83. The molecule has 0 aromatic carbocycles. The molecule has 0 fully saturated rings. The maximum absolute atomic E-state index is 5.40. The lowest BCUT2D eigenvalue weighted by molar-refractivity contribution is -0.884. The second-order valence-corrected chi connectivity index (χ2v) is 6.92. The van der Waals surface area contributed by atoms with Crippen LogP contribution in [0.1, 0.15) is 6.92 Å². The number of nitrogens with zero attached hydrogens (tertiary/aromatic N) is 1. The van der Waals surface area contributed by atoms with Crippen LogP contribution in [0.4, 0.5) is 0 Å². The van der Waals surface area contributed by atoms with E-state index in [1.54, 1.807) is 0 Å². The van der Waals surface area contributed by atoms with Gasteiger partial charge in [0.05, 0.1) is 24.1 Å². The molecule has 16 heavy (non-hydrogen) atoms. The van der Waals surface area contributed by atoms with E-state index in [0.717, 1.165) is 17.6 Å². The molecule has 90 valence electrons. The number of hydrogen-bond acceptors (Lipinski definition) is 0. The largest absolute Gasteiger partial charge is 1.00 e. The van der Waals surface area contributed by atoms with E-state index in [-0.39, 0.29) is 15.8 Å². The van der Waals surface area contributed by atoms with Gasteiger partial charge < -0.3 is 16.9 Å². The van der Waals surface area contributed by atoms with Gasteiger partial charge in [0, 0.05) is 0 Å². The summed E-state index contributed by atoms with van der Waals surface area (Å²) in [5.74, 6) is 3.32. The van der Waals surface area contributed by atoms with E-state index in [4.69, 9.17) is 6.42 Å². The number of hydrogen-bond donors (Lipinski definition) is 0. The smallest absolute Gasteiger partial charge is 0.140 e. The molecule has 1 nitrogen and oxygen atoms in total. The molecular weight excluding hydrogens is 333 g/mol. The van der Waals surface area contributed by atoms with Crippen LogP contribution in [0.5, 0.6) is 0 Å². The van der Waals surface area contributed by atoms with E-state index in [9.17, 15) is 0 Å². The molecule has 0 aromatic heterocycles. The molecule has 0 bridgehead atoms. The molecule has 0 aromatic rings. The van der Waals surface area contributed by atoms with Crippen molar-refractivity contribution in [2.75, 3.05) is 27.2 Å². The van der Waals surface area contributed by atoms with Crippen molar-refractivity contribution in [1.29, 1.82) is 0 Å². The van der Waals surface area contributed by atoms with Gasteiger partial charge in [0.2, 0.25) is 0 Å². The number of terminal acetylenes is 1. The summed E-state index contributed by atoms with van der Waals surface area (Å²) >= 11 is 2.56. The average molecular weight is 352 g/mol. The van der Waals surface area contributed by atoms with Crippen LogP contribution in [-0.4, -0.2) is 35.1 Å². The molecule has 2 atom stereocenters. The lowest BCUT2D eigenvalue weighted by Crippen LogP contribution is -3.00. The fourth-order valence-electron chi connectivity index (χ4n) is 1.91. The SMILES string of the molecule is C#CC[N+](C)(C)CC1(I)C=CC=CC1C.[Cl-]. The minimum atomic E-state index is 0. The Morgan fingerprint density at radius 1 is 1.44 bits per heavy atom. The number of halogens is 2. The highest BCUT2D eigenvalue weighted by atomic mass is 127. The average Bonchev–Trinajstić information content (AvgIpc) is 2.09. The van der Waals surface area contributed by atoms with Crippen molar-refractivity contribution < 1.29 is 16.9 Å². The fraction of sp³-hybridized carbons (Fsp3) is 0.538. The van der Waals surface area contributed by atoms with Crippen LogP contribution in [0, 0.1) is 18.3 Å². The fourth-order valence-corrected chi connectivity index (χ4v) is 3.25. The summed E-state index contributed by atoms with van der Waals surface area (Å²) in [6.45, 7) is 4.12. The Balaban J connectivity index is 0.00000225. The molecule has 1 aliphatic rings. The van der Waals surface area contributed by atoms with Gasteiger partial charge in [0.15, 0.2) is 0 Å². The summed E-state index contributed by atoms with van der Waals surface area (Å²) in [7, 11) is 4.39. The summed E-state index contributed by atoms with van der Waals surface area (Å²) in [5.41, 5.74) is 0. The Morgan fingerprint density at radius 3 is 2.56 bits per heavy atom. The molecule has 3 heteroatoms. The van der Waals surface area contributed by atoms with Crippen LogP contribution in [0.15, 0.2) is 24.3 Å². The third kappa shape index (κ3) is 4.12. The van der Waals surface area contributed by atoms with Crippen molar-refractivity contribution in [1.82, 2.24) is 0 Å². The molecule has 0 saturated heterocycles. The van der Waals surface area contributed by atoms with Crippen LogP contribution in [0.3, 0.4) is 0 Å². The van der Waals surface area contributed by atoms with E-state index in [1.807, 2.05) is 0 Å². The van der Waals surface area contributed by atoms with Crippen LogP contribution in [0.25, 0.3) is 0 Å². The minimum Gasteiger partial charge on any atom is -1.00 e. The number of rotatable bonds is 3. The Bertz CT molecular complexity index is 327.